The van der Waals surface area contributed by atoms with Gasteiger partial charge in [-0.25, -0.2) is 0 Å². The lowest BCUT2D eigenvalue weighted by molar-refractivity contribution is -0.117. The molecule has 1 atom stereocenters. The van der Waals surface area contributed by atoms with Crippen LogP contribution in [0.25, 0.3) is 0 Å². The fourth-order valence-electron chi connectivity index (χ4n) is 2.05. The van der Waals surface area contributed by atoms with Gasteiger partial charge in [0.2, 0.25) is 5.91 Å². The van der Waals surface area contributed by atoms with E-state index in [1.807, 2.05) is 6.92 Å². The van der Waals surface area contributed by atoms with Gasteiger partial charge in [0.1, 0.15) is 5.75 Å². The number of benzene rings is 2. The number of nitrogens with one attached hydrogen (secondary N) is 1. The van der Waals surface area contributed by atoms with Crippen LogP contribution in [0.5, 0.6) is 5.75 Å². The SMILES string of the molecule is CCOc1ccc(C(=O)C(C#N)C(=O)Nc2ccccc2Cl)cc1. The summed E-state index contributed by atoms with van der Waals surface area (Å²) in [4.78, 5) is 24.6. The van der Waals surface area contributed by atoms with E-state index in [1.165, 1.54) is 12.1 Å². The Morgan fingerprint density at radius 2 is 1.88 bits per heavy atom. The van der Waals surface area contributed by atoms with Gasteiger partial charge in [-0.1, -0.05) is 23.7 Å². The molecule has 0 fully saturated rings. The van der Waals surface area contributed by atoms with Crippen molar-refractivity contribution < 1.29 is 14.3 Å². The van der Waals surface area contributed by atoms with E-state index in [0.29, 0.717) is 23.1 Å². The van der Waals surface area contributed by atoms with E-state index in [4.69, 9.17) is 16.3 Å². The number of hydrogen-bond acceptors (Lipinski definition) is 4. The van der Waals surface area contributed by atoms with Crippen LogP contribution in [0.2, 0.25) is 5.02 Å². The number of halogens is 1. The van der Waals surface area contributed by atoms with Gasteiger partial charge in [-0.3, -0.25) is 9.59 Å². The van der Waals surface area contributed by atoms with Crippen LogP contribution in [-0.2, 0) is 4.79 Å². The zero-order chi connectivity index (χ0) is 17.5. The summed E-state index contributed by atoms with van der Waals surface area (Å²) in [6.45, 7) is 2.36. The fourth-order valence-corrected chi connectivity index (χ4v) is 2.24. The third-order valence-electron chi connectivity index (χ3n) is 3.24. The Kier molecular flexibility index (Phi) is 5.94. The first kappa shape index (κ1) is 17.5. The Morgan fingerprint density at radius 1 is 1.21 bits per heavy atom. The molecule has 2 aromatic carbocycles. The number of rotatable bonds is 6. The van der Waals surface area contributed by atoms with E-state index in [0.717, 1.165) is 0 Å². The number of hydrogen-bond donors (Lipinski definition) is 1. The summed E-state index contributed by atoms with van der Waals surface area (Å²) in [7, 11) is 0. The minimum Gasteiger partial charge on any atom is -0.494 e. The average Bonchev–Trinajstić information content (AvgIpc) is 2.58. The van der Waals surface area contributed by atoms with Crippen LogP contribution in [0.15, 0.2) is 48.5 Å². The monoisotopic (exact) mass is 342 g/mol. The fraction of sp³-hybridized carbons (Fsp3) is 0.167. The molecule has 122 valence electrons. The zero-order valence-electron chi connectivity index (χ0n) is 13.0. The van der Waals surface area contributed by atoms with Crippen molar-refractivity contribution >= 4 is 29.0 Å². The van der Waals surface area contributed by atoms with Crippen LogP contribution in [0, 0.1) is 17.2 Å². The predicted molar refractivity (Wildman–Crippen MR) is 91.1 cm³/mol. The molecule has 0 saturated carbocycles. The molecule has 0 saturated heterocycles. The van der Waals surface area contributed by atoms with Crippen LogP contribution in [-0.4, -0.2) is 18.3 Å². The Hall–Kier alpha value is -2.84. The minimum atomic E-state index is -1.46. The normalized spacial score (nSPS) is 11.2. The first-order valence-electron chi connectivity index (χ1n) is 7.29. The van der Waals surface area contributed by atoms with Crippen molar-refractivity contribution in [1.82, 2.24) is 0 Å². The van der Waals surface area contributed by atoms with Crippen molar-refractivity contribution in [2.45, 2.75) is 6.92 Å². The highest BCUT2D eigenvalue weighted by Crippen LogP contribution is 2.22. The third-order valence-corrected chi connectivity index (χ3v) is 3.56. The van der Waals surface area contributed by atoms with Crippen molar-refractivity contribution in [2.24, 2.45) is 5.92 Å². The van der Waals surface area contributed by atoms with Crippen LogP contribution in [0.3, 0.4) is 0 Å². The van der Waals surface area contributed by atoms with Crippen molar-refractivity contribution in [3.05, 3.63) is 59.1 Å². The lowest BCUT2D eigenvalue weighted by Gasteiger charge is -2.11. The van der Waals surface area contributed by atoms with Crippen molar-refractivity contribution in [3.8, 4) is 11.8 Å². The molecule has 5 nitrogen and oxygen atoms in total. The molecule has 1 unspecified atom stereocenters. The third kappa shape index (κ3) is 4.12. The first-order valence-corrected chi connectivity index (χ1v) is 7.66. The van der Waals surface area contributed by atoms with Gasteiger partial charge in [0, 0.05) is 5.56 Å². The van der Waals surface area contributed by atoms with E-state index >= 15 is 0 Å². The standard InChI is InChI=1S/C18H15ClN2O3/c1-2-24-13-9-7-12(8-10-13)17(22)14(11-20)18(23)21-16-6-4-3-5-15(16)19/h3-10,14H,2H2,1H3,(H,21,23). The molecular formula is C18H15ClN2O3. The molecule has 0 aliphatic heterocycles. The second-order valence-corrected chi connectivity index (χ2v) is 5.26. The number of nitrogens with zero attached hydrogens (tertiary/aromatic N) is 1. The van der Waals surface area contributed by atoms with Gasteiger partial charge in [-0.2, -0.15) is 5.26 Å². The summed E-state index contributed by atoms with van der Waals surface area (Å²) in [6.07, 6.45) is 0. The molecule has 0 aliphatic rings. The Labute approximate surface area is 144 Å². The number of nitriles is 1. The lowest BCUT2D eigenvalue weighted by atomic mass is 9.98. The number of para-hydroxylation sites is 1. The molecule has 0 heterocycles. The first-order chi connectivity index (χ1) is 11.6. The van der Waals surface area contributed by atoms with Gasteiger partial charge in [-0.15, -0.1) is 0 Å². The van der Waals surface area contributed by atoms with Gasteiger partial charge in [0.25, 0.3) is 0 Å². The molecule has 1 N–H and O–H groups in total. The number of carbonyl (C=O) groups excluding carboxylic acids is 2. The van der Waals surface area contributed by atoms with Crippen LogP contribution < -0.4 is 10.1 Å². The maximum atomic E-state index is 12.4. The average molecular weight is 343 g/mol. The van der Waals surface area contributed by atoms with Crippen LogP contribution in [0.1, 0.15) is 17.3 Å². The summed E-state index contributed by atoms with van der Waals surface area (Å²) in [5.41, 5.74) is 0.614. The van der Waals surface area contributed by atoms with Crippen molar-refractivity contribution in [3.63, 3.8) is 0 Å². The second kappa shape index (κ2) is 8.14. The summed E-state index contributed by atoms with van der Waals surface area (Å²) >= 11 is 5.96. The van der Waals surface area contributed by atoms with Gasteiger partial charge in [0.15, 0.2) is 11.7 Å². The molecule has 0 aliphatic carbocycles. The predicted octanol–water partition coefficient (Wildman–Crippen LogP) is 3.70. The van der Waals surface area contributed by atoms with E-state index < -0.39 is 17.6 Å². The quantitative estimate of drug-likeness (QED) is 0.641. The Balaban J connectivity index is 2.15. The molecule has 0 radical (unpaired) electrons. The van der Waals surface area contributed by atoms with Crippen molar-refractivity contribution in [2.75, 3.05) is 11.9 Å². The Bertz CT molecular complexity index is 782. The summed E-state index contributed by atoms with van der Waals surface area (Å²) in [5, 5.41) is 12.1. The lowest BCUT2D eigenvalue weighted by Crippen LogP contribution is -2.28. The molecular weight excluding hydrogens is 328 g/mol. The van der Waals surface area contributed by atoms with Crippen LogP contribution in [0.4, 0.5) is 5.69 Å². The zero-order valence-corrected chi connectivity index (χ0v) is 13.7. The molecule has 2 aromatic rings. The molecule has 0 aromatic heterocycles. The summed E-state index contributed by atoms with van der Waals surface area (Å²) in [5.74, 6) is -2.14. The second-order valence-electron chi connectivity index (χ2n) is 4.85. The molecule has 24 heavy (non-hydrogen) atoms. The van der Waals surface area contributed by atoms with E-state index in [2.05, 4.69) is 5.32 Å². The highest BCUT2D eigenvalue weighted by molar-refractivity contribution is 6.34. The maximum Gasteiger partial charge on any atom is 0.249 e. The minimum absolute atomic E-state index is 0.263. The summed E-state index contributed by atoms with van der Waals surface area (Å²) in [6, 6.07) is 14.6. The highest BCUT2D eigenvalue weighted by atomic mass is 35.5. The van der Waals surface area contributed by atoms with E-state index in [1.54, 1.807) is 42.5 Å². The maximum absolute atomic E-state index is 12.4. The van der Waals surface area contributed by atoms with Gasteiger partial charge >= 0.3 is 0 Å². The molecule has 0 spiro atoms. The molecule has 0 bridgehead atoms. The van der Waals surface area contributed by atoms with E-state index in [9.17, 15) is 14.9 Å². The van der Waals surface area contributed by atoms with Gasteiger partial charge in [-0.05, 0) is 43.3 Å². The topological polar surface area (TPSA) is 79.2 Å². The number of carbonyl (C=O) groups is 2. The number of anilines is 1. The van der Waals surface area contributed by atoms with Crippen molar-refractivity contribution in [1.29, 1.82) is 5.26 Å². The molecule has 1 amide bonds. The Morgan fingerprint density at radius 3 is 2.46 bits per heavy atom. The number of amides is 1. The van der Waals surface area contributed by atoms with Gasteiger partial charge < -0.3 is 10.1 Å². The number of ether oxygens (including phenoxy) is 1. The molecule has 2 rings (SSSR count). The van der Waals surface area contributed by atoms with E-state index in [-0.39, 0.29) is 5.56 Å². The largest absolute Gasteiger partial charge is 0.494 e. The summed E-state index contributed by atoms with van der Waals surface area (Å²) < 4.78 is 5.30. The highest BCUT2D eigenvalue weighted by Gasteiger charge is 2.28. The smallest absolute Gasteiger partial charge is 0.249 e. The number of Topliss-reactive ketones (excluding diaryl/α,β-unsaturated/α-hetero) is 1. The molecule has 6 heteroatoms. The van der Waals surface area contributed by atoms with Crippen LogP contribution >= 0.6 is 11.6 Å². The van der Waals surface area contributed by atoms with Gasteiger partial charge in [0.05, 0.1) is 23.4 Å². The number of ketones is 1.